The van der Waals surface area contributed by atoms with Crippen molar-refractivity contribution in [1.29, 1.82) is 0 Å². The maximum Gasteiger partial charge on any atom is 0.419 e. The molecule has 2 saturated heterocycles. The molecule has 0 unspecified atom stereocenters. The molecular formula is C59H68F10N12O4S. The molecule has 2 amide bonds. The number of nitrogen functional groups attached to an aromatic ring is 1. The van der Waals surface area contributed by atoms with E-state index < -0.39 is 58.1 Å². The number of rotatable bonds is 14. The highest BCUT2D eigenvalue weighted by Crippen LogP contribution is 2.37. The lowest BCUT2D eigenvalue weighted by Gasteiger charge is -2.29. The Labute approximate surface area is 497 Å². The molecule has 5 heterocycles. The number of isothiocyanates is 1. The van der Waals surface area contributed by atoms with Gasteiger partial charge in [-0.2, -0.15) is 31.3 Å². The quantitative estimate of drug-likeness (QED) is 0.0300. The van der Waals surface area contributed by atoms with Crippen LogP contribution in [0.1, 0.15) is 72.9 Å². The van der Waals surface area contributed by atoms with Gasteiger partial charge in [-0.3, -0.25) is 19.4 Å². The molecule has 7 aromatic rings. The molecule has 2 aliphatic rings. The second-order valence-electron chi connectivity index (χ2n) is 19.5. The van der Waals surface area contributed by atoms with E-state index in [4.69, 9.17) is 15.2 Å². The number of halogens is 10. The number of nitrogens with zero attached hydrogens (tertiary/aromatic N) is 7. The number of hydrogen-bond donors (Lipinski definition) is 5. The third-order valence-electron chi connectivity index (χ3n) is 13.2. The monoisotopic (exact) mass is 1230 g/mol. The molecule has 86 heavy (non-hydrogen) atoms. The van der Waals surface area contributed by atoms with Crippen LogP contribution in [-0.2, 0) is 29.0 Å². The van der Waals surface area contributed by atoms with E-state index in [0.29, 0.717) is 69.9 Å². The number of nitrogens with two attached hydrogens (primary N) is 1. The molecule has 0 spiro atoms. The molecule has 0 saturated carbocycles. The van der Waals surface area contributed by atoms with Crippen LogP contribution in [0.3, 0.4) is 0 Å². The number of fused-ring (bicyclic) bond motifs is 1. The second kappa shape index (κ2) is 31.1. The van der Waals surface area contributed by atoms with Crippen LogP contribution in [-0.4, -0.2) is 92.6 Å². The summed E-state index contributed by atoms with van der Waals surface area (Å²) in [6, 6.07) is 17.9. The summed E-state index contributed by atoms with van der Waals surface area (Å²) in [6.07, 6.45) is -2.36. The van der Waals surface area contributed by atoms with Crippen molar-refractivity contribution < 1.29 is 63.0 Å². The summed E-state index contributed by atoms with van der Waals surface area (Å²) < 4.78 is 143. The summed E-state index contributed by atoms with van der Waals surface area (Å²) in [4.78, 5) is 44.9. The number of anilines is 6. The minimum Gasteiger partial charge on any atom is -0.457 e. The number of amides is 2. The first kappa shape index (κ1) is 70.1. The number of piperidine rings is 2. The Bertz CT molecular complexity index is 3470. The van der Waals surface area contributed by atoms with E-state index in [1.807, 2.05) is 19.2 Å². The minimum atomic E-state index is -4.99. The number of alkyl halides is 6. The second-order valence-corrected chi connectivity index (χ2v) is 19.7. The summed E-state index contributed by atoms with van der Waals surface area (Å²) in [7, 11) is 3.40. The molecule has 4 aromatic carbocycles. The van der Waals surface area contributed by atoms with Gasteiger partial charge in [-0.15, -0.1) is 0 Å². The van der Waals surface area contributed by atoms with Crippen LogP contribution < -0.4 is 36.5 Å². The predicted molar refractivity (Wildman–Crippen MR) is 318 cm³/mol. The van der Waals surface area contributed by atoms with E-state index in [2.05, 4.69) is 77.1 Å². The predicted octanol–water partition coefficient (Wildman–Crippen LogP) is 15.3. The first-order chi connectivity index (χ1) is 39.3. The van der Waals surface area contributed by atoms with Gasteiger partial charge < -0.3 is 41.0 Å². The molecule has 464 valence electrons. The van der Waals surface area contributed by atoms with Gasteiger partial charge in [0.1, 0.15) is 57.8 Å². The van der Waals surface area contributed by atoms with Crippen LogP contribution in [0.15, 0.2) is 102 Å². The Hall–Kier alpha value is -8.39. The number of aliphatic imine (C=N–C) groups is 1. The average molecular weight is 1230 g/mol. The third kappa shape index (κ3) is 19.6. The zero-order valence-corrected chi connectivity index (χ0v) is 45.8. The number of nitrogens with one attached hydrogen (secondary N) is 4. The number of hydrogen-bond acceptors (Lipinski definition) is 14. The topological polar surface area (TPSA) is 189 Å². The molecule has 3 aromatic heterocycles. The number of pyridine rings is 2. The SMILES string of the molecule is C.C.C.CC1CCN(CC(=O)Nc2cc(Oc3ccc4c(c3)nc(Nc3cc(C(F)(F)F)c(F)cc3F)n4C)ccn2)CC1.CNc1ccc(Oc2ccnc(NC(=O)CN3CCC(C)CC3)c2)cc1N.Fc1cc(F)c(C(F)(F)F)cc1N=C=S. The van der Waals surface area contributed by atoms with Crippen molar-refractivity contribution >= 4 is 80.6 Å². The number of benzene rings is 4. The zero-order chi connectivity index (χ0) is 60.2. The average Bonchev–Trinajstić information content (AvgIpc) is 3.77. The van der Waals surface area contributed by atoms with E-state index >= 15 is 0 Å². The number of likely N-dealkylation sites (tertiary alicyclic amines) is 2. The fourth-order valence-electron chi connectivity index (χ4n) is 8.63. The minimum absolute atomic E-state index is 0. The Morgan fingerprint density at radius 3 is 1.59 bits per heavy atom. The van der Waals surface area contributed by atoms with Crippen molar-refractivity contribution in [3.05, 3.63) is 132 Å². The fourth-order valence-corrected chi connectivity index (χ4v) is 8.73. The highest BCUT2D eigenvalue weighted by Gasteiger charge is 2.36. The largest absolute Gasteiger partial charge is 0.457 e. The van der Waals surface area contributed by atoms with E-state index in [1.54, 1.807) is 66.9 Å². The molecule has 2 fully saturated rings. The van der Waals surface area contributed by atoms with Crippen LogP contribution in [0.5, 0.6) is 23.0 Å². The smallest absolute Gasteiger partial charge is 0.419 e. The van der Waals surface area contributed by atoms with E-state index in [-0.39, 0.29) is 64.8 Å². The summed E-state index contributed by atoms with van der Waals surface area (Å²) in [5, 5.41) is 12.9. The van der Waals surface area contributed by atoms with Gasteiger partial charge in [-0.25, -0.2) is 32.5 Å². The van der Waals surface area contributed by atoms with Crippen LogP contribution in [0, 0.1) is 35.1 Å². The number of carbonyl (C=O) groups excluding carboxylic acids is 2. The molecular weight excluding hydrogens is 1160 g/mol. The van der Waals surface area contributed by atoms with Gasteiger partial charge in [0.05, 0.1) is 57.5 Å². The number of carbonyl (C=O) groups is 2. The van der Waals surface area contributed by atoms with Gasteiger partial charge >= 0.3 is 12.4 Å². The van der Waals surface area contributed by atoms with Crippen molar-refractivity contribution in [2.45, 2.75) is 74.2 Å². The zero-order valence-electron chi connectivity index (χ0n) is 45.0. The van der Waals surface area contributed by atoms with Gasteiger partial charge in [0.2, 0.25) is 17.8 Å². The Morgan fingerprint density at radius 1 is 0.651 bits per heavy atom. The highest BCUT2D eigenvalue weighted by atomic mass is 32.1. The first-order valence-corrected chi connectivity index (χ1v) is 26.1. The van der Waals surface area contributed by atoms with Crippen LogP contribution in [0.4, 0.5) is 84.2 Å². The van der Waals surface area contributed by atoms with E-state index in [0.717, 1.165) is 63.5 Å². The molecule has 0 bridgehead atoms. The summed E-state index contributed by atoms with van der Waals surface area (Å²) in [5.41, 5.74) is 3.94. The van der Waals surface area contributed by atoms with Crippen molar-refractivity contribution in [1.82, 2.24) is 29.3 Å². The van der Waals surface area contributed by atoms with Crippen molar-refractivity contribution in [3.8, 4) is 23.0 Å². The van der Waals surface area contributed by atoms with Crippen molar-refractivity contribution in [2.75, 3.05) is 73.3 Å². The van der Waals surface area contributed by atoms with Crippen LogP contribution >= 0.6 is 12.2 Å². The Balaban J connectivity index is 0.000000303. The molecule has 0 aliphatic carbocycles. The van der Waals surface area contributed by atoms with Gasteiger partial charge in [-0.05, 0) is 124 Å². The molecule has 6 N–H and O–H groups in total. The maximum atomic E-state index is 14.3. The lowest BCUT2D eigenvalue weighted by Crippen LogP contribution is -2.38. The molecule has 2 aliphatic heterocycles. The first-order valence-electron chi connectivity index (χ1n) is 25.7. The normalized spacial score (nSPS) is 13.8. The number of ether oxygens (including phenoxy) is 2. The molecule has 16 nitrogen and oxygen atoms in total. The maximum absolute atomic E-state index is 14.3. The van der Waals surface area contributed by atoms with Crippen LogP contribution in [0.2, 0.25) is 0 Å². The number of aryl methyl sites for hydroxylation is 1. The van der Waals surface area contributed by atoms with Gasteiger partial charge in [0, 0.05) is 62.9 Å². The summed E-state index contributed by atoms with van der Waals surface area (Å²) in [5.74, 6) is -1.78. The van der Waals surface area contributed by atoms with Gasteiger partial charge in [-0.1, -0.05) is 36.1 Å². The highest BCUT2D eigenvalue weighted by molar-refractivity contribution is 7.78. The number of thiocarbonyl (C=S) groups is 1. The molecule has 0 atom stereocenters. The van der Waals surface area contributed by atoms with Crippen molar-refractivity contribution in [3.63, 3.8) is 0 Å². The third-order valence-corrected chi connectivity index (χ3v) is 13.3. The van der Waals surface area contributed by atoms with Gasteiger partial charge in [0.15, 0.2) is 5.82 Å². The molecule has 0 radical (unpaired) electrons. The Kier molecular flexibility index (Phi) is 25.4. The lowest BCUT2D eigenvalue weighted by atomic mass is 9.99. The van der Waals surface area contributed by atoms with Gasteiger partial charge in [0.25, 0.3) is 0 Å². The summed E-state index contributed by atoms with van der Waals surface area (Å²) >= 11 is 4.10. The fraction of sp³-hybridized carbons (Fsp3) is 0.356. The standard InChI is InChI=1S/C28H27F5N6O2.C20H27N5O2.C8H2F5NS.3CH4/c1-16-6-9-39(10-7-16)15-26(40)37-25-12-18(5-8-34-25)41-17-3-4-24-23(11-17)36-27(38(24)2)35-22-13-19(28(31,32)33)20(29)14-21(22)30;1-14-6-9-25(10-7-14)13-20(26)24-19-12-16(5-8-23-19)27-15-3-4-18(22-2)17(21)11-15;9-5-2-6(10)7(14-3-15)1-4(5)8(11,12)13;;;/h3-5,8,11-14,16H,6-7,9-10,15H2,1-2H3,(H,35,36)(H,34,37,40);3-5,8,11-12,14,22H,6-7,9-10,13,21H2,1-2H3,(H,23,24,26);1-2H;3*1H4. The number of imidazole rings is 1. The molecule has 9 rings (SSSR count). The summed E-state index contributed by atoms with van der Waals surface area (Å²) in [6.45, 7) is 8.83. The number of aromatic nitrogens is 4. The molecule has 27 heteroatoms. The van der Waals surface area contributed by atoms with Crippen molar-refractivity contribution in [2.24, 2.45) is 23.9 Å². The van der Waals surface area contributed by atoms with E-state index in [1.165, 1.54) is 10.8 Å². The Morgan fingerprint density at radius 2 is 1.12 bits per heavy atom. The van der Waals surface area contributed by atoms with Crippen LogP contribution in [0.25, 0.3) is 11.0 Å². The van der Waals surface area contributed by atoms with E-state index in [9.17, 15) is 53.5 Å². The lowest BCUT2D eigenvalue weighted by molar-refractivity contribution is -0.140.